The fraction of sp³-hybridized carbons (Fsp3) is 0.357. The van der Waals surface area contributed by atoms with Gasteiger partial charge in [0.2, 0.25) is 0 Å². The van der Waals surface area contributed by atoms with Crippen LogP contribution in [0.2, 0.25) is 0 Å². The second-order valence-corrected chi connectivity index (χ2v) is 10.2. The Bertz CT molecular complexity index is 1700. The van der Waals surface area contributed by atoms with Gasteiger partial charge < -0.3 is 14.8 Å². The molecule has 2 amide bonds. The number of fused-ring (bicyclic) bond motifs is 1. The number of carbonyl (C=O) groups excluding carboxylic acids is 3. The Morgan fingerprint density at radius 2 is 1.77 bits per heavy atom. The van der Waals surface area contributed by atoms with E-state index < -0.39 is 41.9 Å². The van der Waals surface area contributed by atoms with Crippen LogP contribution in [0.3, 0.4) is 0 Å². The first-order chi connectivity index (χ1) is 19.3. The quantitative estimate of drug-likeness (QED) is 0.428. The molecule has 6 rings (SSSR count). The number of methoxy groups -OCH3 is 1. The zero-order valence-electron chi connectivity index (χ0n) is 21.9. The predicted molar refractivity (Wildman–Crippen MR) is 141 cm³/mol. The number of benzene rings is 1. The third kappa shape index (κ3) is 4.44. The number of rotatable bonds is 7. The van der Waals surface area contributed by atoms with Crippen LogP contribution in [0, 0.1) is 0 Å². The van der Waals surface area contributed by atoms with Crippen molar-refractivity contribution in [3.05, 3.63) is 85.3 Å². The van der Waals surface area contributed by atoms with Crippen molar-refractivity contribution >= 4 is 29.0 Å². The van der Waals surface area contributed by atoms with Crippen LogP contribution in [0.4, 0.5) is 4.79 Å². The third-order valence-corrected chi connectivity index (χ3v) is 7.47. The monoisotopic (exact) mass is 545 g/mol. The van der Waals surface area contributed by atoms with Crippen LogP contribution in [0.1, 0.15) is 59.3 Å². The highest BCUT2D eigenvalue weighted by atomic mass is 16.5. The molecule has 1 atom stereocenters. The van der Waals surface area contributed by atoms with E-state index in [1.54, 1.807) is 24.3 Å². The summed E-state index contributed by atoms with van der Waals surface area (Å²) in [5.41, 5.74) is 0.282. The average Bonchev–Trinajstić information content (AvgIpc) is 3.87. The number of H-pyrrole nitrogens is 1. The van der Waals surface area contributed by atoms with Crippen molar-refractivity contribution in [2.24, 2.45) is 7.05 Å². The number of nitrogens with zero attached hydrogens (tertiary/aromatic N) is 3. The molecule has 3 aliphatic rings. The molecule has 12 heteroatoms. The van der Waals surface area contributed by atoms with Crippen LogP contribution < -0.4 is 16.6 Å². The number of ether oxygens (including phenoxy) is 2. The van der Waals surface area contributed by atoms with Crippen LogP contribution in [-0.4, -0.2) is 57.2 Å². The maximum atomic E-state index is 13.6. The summed E-state index contributed by atoms with van der Waals surface area (Å²) in [5, 5.41) is 2.82. The summed E-state index contributed by atoms with van der Waals surface area (Å²) in [7, 11) is 2.71. The lowest BCUT2D eigenvalue weighted by Crippen LogP contribution is -2.50. The van der Waals surface area contributed by atoms with E-state index in [4.69, 9.17) is 9.47 Å². The van der Waals surface area contributed by atoms with Gasteiger partial charge in [0, 0.05) is 24.7 Å². The topological polar surface area (TPSA) is 153 Å². The van der Waals surface area contributed by atoms with Crippen LogP contribution in [0.25, 0.3) is 11.0 Å². The molecule has 3 heterocycles. The lowest BCUT2D eigenvalue weighted by atomic mass is 9.94. The van der Waals surface area contributed by atoms with Crippen molar-refractivity contribution in [1.29, 1.82) is 0 Å². The molecule has 1 aliphatic heterocycles. The van der Waals surface area contributed by atoms with Crippen molar-refractivity contribution < 1.29 is 23.9 Å². The number of urea groups is 1. The van der Waals surface area contributed by atoms with E-state index in [0.717, 1.165) is 25.7 Å². The summed E-state index contributed by atoms with van der Waals surface area (Å²) in [6.07, 6.45) is 3.23. The Labute approximate surface area is 227 Å². The highest BCUT2D eigenvalue weighted by molar-refractivity contribution is 6.02. The number of hydrogen-bond donors (Lipinski definition) is 2. The van der Waals surface area contributed by atoms with Crippen molar-refractivity contribution in [3.8, 4) is 0 Å². The maximum Gasteiger partial charge on any atom is 0.339 e. The van der Waals surface area contributed by atoms with Crippen molar-refractivity contribution in [2.45, 2.75) is 43.7 Å². The lowest BCUT2D eigenvalue weighted by Gasteiger charge is -2.36. The van der Waals surface area contributed by atoms with Crippen molar-refractivity contribution in [1.82, 2.24) is 24.8 Å². The molecule has 2 saturated carbocycles. The van der Waals surface area contributed by atoms with E-state index in [0.29, 0.717) is 11.3 Å². The Morgan fingerprint density at radius 3 is 2.42 bits per heavy atom. The molecular formula is C28H27N5O7. The van der Waals surface area contributed by atoms with Crippen LogP contribution in [-0.2, 0) is 21.3 Å². The van der Waals surface area contributed by atoms with Gasteiger partial charge in [-0.2, -0.15) is 0 Å². The smallest absolute Gasteiger partial charge is 0.339 e. The largest absolute Gasteiger partial charge is 0.466 e. The van der Waals surface area contributed by atoms with Gasteiger partial charge in [-0.15, -0.1) is 0 Å². The number of hydrogen-bond acceptors (Lipinski definition) is 8. The summed E-state index contributed by atoms with van der Waals surface area (Å²) in [6, 6.07) is 9.12. The van der Waals surface area contributed by atoms with Crippen molar-refractivity contribution in [2.75, 3.05) is 13.7 Å². The molecule has 12 nitrogen and oxygen atoms in total. The van der Waals surface area contributed by atoms with Gasteiger partial charge in [-0.3, -0.25) is 19.2 Å². The maximum absolute atomic E-state index is 13.6. The molecule has 0 spiro atoms. The molecule has 2 N–H and O–H groups in total. The molecule has 0 radical (unpaired) electrons. The Kier molecular flexibility index (Phi) is 6.24. The minimum Gasteiger partial charge on any atom is -0.466 e. The number of nitrogens with one attached hydrogen (secondary N) is 2. The zero-order valence-corrected chi connectivity index (χ0v) is 21.9. The van der Waals surface area contributed by atoms with Gasteiger partial charge in [0.25, 0.3) is 5.56 Å². The molecule has 206 valence electrons. The highest BCUT2D eigenvalue weighted by Gasteiger charge is 2.44. The van der Waals surface area contributed by atoms with E-state index >= 15 is 0 Å². The number of aromatic nitrogens is 3. The molecule has 0 bridgehead atoms. The van der Waals surface area contributed by atoms with E-state index in [2.05, 4.69) is 15.3 Å². The summed E-state index contributed by atoms with van der Waals surface area (Å²) in [4.78, 5) is 73.1. The van der Waals surface area contributed by atoms with Crippen molar-refractivity contribution in [3.63, 3.8) is 0 Å². The first-order valence-electron chi connectivity index (χ1n) is 13.1. The first kappa shape index (κ1) is 25.5. The molecular weight excluding hydrogens is 518 g/mol. The number of amides is 2. The summed E-state index contributed by atoms with van der Waals surface area (Å²) in [5.74, 6) is -1.38. The van der Waals surface area contributed by atoms with Crippen LogP contribution in [0.15, 0.2) is 57.3 Å². The lowest BCUT2D eigenvalue weighted by molar-refractivity contribution is -0.136. The number of carbonyl (C=O) groups is 3. The fourth-order valence-electron chi connectivity index (χ4n) is 5.11. The fourth-order valence-corrected chi connectivity index (χ4v) is 5.11. The number of aromatic amines is 1. The van der Waals surface area contributed by atoms with Gasteiger partial charge >= 0.3 is 23.7 Å². The van der Waals surface area contributed by atoms with E-state index in [1.165, 1.54) is 29.7 Å². The molecule has 1 unspecified atom stereocenters. The molecule has 1 aromatic carbocycles. The number of pyridine rings is 1. The molecule has 2 aromatic heterocycles. The van der Waals surface area contributed by atoms with E-state index in [9.17, 15) is 24.0 Å². The Hall–Kier alpha value is -4.74. The van der Waals surface area contributed by atoms with E-state index in [-0.39, 0.29) is 39.8 Å². The van der Waals surface area contributed by atoms with Gasteiger partial charge in [-0.1, -0.05) is 30.3 Å². The number of esters is 2. The zero-order chi connectivity index (χ0) is 28.1. The normalized spacial score (nSPS) is 19.0. The van der Waals surface area contributed by atoms with Gasteiger partial charge in [-0.25, -0.2) is 24.2 Å². The standard InChI is InChI=1S/C28H27N5O7/c1-32-23-20(24(34)31-27(32)37)17(12-18(29-23)14-8-9-14)25(35)40-13-19-21(26(36)39-2)22(15-6-4-3-5-7-15)30-28(38)33(19)16-10-11-16/h3-7,12,14,16,22H,8-11,13H2,1-2H3,(H,30,38)(H,31,34,37). The molecule has 0 saturated heterocycles. The van der Waals surface area contributed by atoms with E-state index in [1.807, 2.05) is 6.07 Å². The minimum absolute atomic E-state index is 0.0400. The van der Waals surface area contributed by atoms with Crippen LogP contribution >= 0.6 is 0 Å². The van der Waals surface area contributed by atoms with Gasteiger partial charge in [-0.05, 0) is 37.3 Å². The van der Waals surface area contributed by atoms with Crippen LogP contribution in [0.5, 0.6) is 0 Å². The first-order valence-corrected chi connectivity index (χ1v) is 13.1. The highest BCUT2D eigenvalue weighted by Crippen LogP contribution is 2.40. The van der Waals surface area contributed by atoms with Gasteiger partial charge in [0.05, 0.1) is 35.4 Å². The third-order valence-electron chi connectivity index (χ3n) is 7.47. The van der Waals surface area contributed by atoms with Gasteiger partial charge in [0.1, 0.15) is 12.3 Å². The minimum atomic E-state index is -0.840. The second kappa shape index (κ2) is 9.78. The second-order valence-electron chi connectivity index (χ2n) is 10.2. The molecule has 2 aliphatic carbocycles. The summed E-state index contributed by atoms with van der Waals surface area (Å²) >= 11 is 0. The Balaban J connectivity index is 1.43. The summed E-state index contributed by atoms with van der Waals surface area (Å²) in [6.45, 7) is -0.414. The summed E-state index contributed by atoms with van der Waals surface area (Å²) < 4.78 is 12.0. The predicted octanol–water partition coefficient (Wildman–Crippen LogP) is 2.01. The number of aryl methyl sites for hydroxylation is 1. The van der Waals surface area contributed by atoms with Gasteiger partial charge in [0.15, 0.2) is 0 Å². The molecule has 3 aromatic rings. The molecule has 2 fully saturated rings. The SMILES string of the molecule is COC(=O)C1=C(COC(=O)c2cc(C3CC3)nc3c2c(=O)[nH]c(=O)n3C)N(C2CC2)C(=O)NC1c1ccccc1. The Morgan fingerprint density at radius 1 is 1.05 bits per heavy atom. The molecule has 40 heavy (non-hydrogen) atoms. The average molecular weight is 546 g/mol.